The predicted octanol–water partition coefficient (Wildman–Crippen LogP) is 0.918. The Kier molecular flexibility index (Phi) is 3.44. The molecule has 0 aliphatic carbocycles. The van der Waals surface area contributed by atoms with Gasteiger partial charge in [-0.2, -0.15) is 0 Å². The largest absolute Gasteiger partial charge is 0.462 e. The third-order valence-corrected chi connectivity index (χ3v) is 5.33. The molecule has 1 N–H and O–H groups in total. The van der Waals surface area contributed by atoms with Crippen molar-refractivity contribution in [2.45, 2.75) is 49.2 Å². The summed E-state index contributed by atoms with van der Waals surface area (Å²) in [5.74, 6) is -0.915. The Labute approximate surface area is 129 Å². The van der Waals surface area contributed by atoms with E-state index in [-0.39, 0.29) is 18.7 Å². The van der Waals surface area contributed by atoms with Crippen molar-refractivity contribution in [1.82, 2.24) is 4.90 Å². The number of aliphatic hydroxyl groups excluding tert-OH is 1. The molecular formula is C17H21NO4. The molecule has 0 spiro atoms. The second kappa shape index (κ2) is 5.33. The fourth-order valence-electron chi connectivity index (χ4n) is 4.04. The van der Waals surface area contributed by atoms with Crippen LogP contribution in [0.2, 0.25) is 0 Å². The van der Waals surface area contributed by atoms with E-state index >= 15 is 0 Å². The van der Waals surface area contributed by atoms with Crippen molar-refractivity contribution in [2.75, 3.05) is 13.7 Å². The number of ether oxygens (including phenoxy) is 2. The molecule has 2 bridgehead atoms. The van der Waals surface area contributed by atoms with Crippen LogP contribution in [-0.2, 0) is 14.3 Å². The molecule has 0 radical (unpaired) electrons. The monoisotopic (exact) mass is 303 g/mol. The summed E-state index contributed by atoms with van der Waals surface area (Å²) in [4.78, 5) is 14.8. The summed E-state index contributed by atoms with van der Waals surface area (Å²) in [6.07, 6.45) is 2.26. The van der Waals surface area contributed by atoms with E-state index in [9.17, 15) is 9.90 Å². The molecule has 0 aromatic heterocycles. The molecule has 3 heterocycles. The van der Waals surface area contributed by atoms with Crippen LogP contribution >= 0.6 is 0 Å². The molecule has 1 aromatic rings. The third kappa shape index (κ3) is 2.24. The lowest BCUT2D eigenvalue weighted by molar-refractivity contribution is -0.156. The summed E-state index contributed by atoms with van der Waals surface area (Å²) in [5.41, 5.74) is 0.803. The number of esters is 1. The highest BCUT2D eigenvalue weighted by molar-refractivity contribution is 5.78. The number of epoxide rings is 1. The molecule has 6 atom stereocenters. The van der Waals surface area contributed by atoms with E-state index < -0.39 is 5.92 Å². The Hall–Kier alpha value is -1.43. The number of rotatable bonds is 4. The van der Waals surface area contributed by atoms with Gasteiger partial charge in [-0.1, -0.05) is 30.3 Å². The number of aliphatic hydroxyl groups is 1. The summed E-state index contributed by atoms with van der Waals surface area (Å²) < 4.78 is 11.4. The minimum absolute atomic E-state index is 0.0622. The number of carbonyl (C=O) groups is 1. The first-order valence-corrected chi connectivity index (χ1v) is 7.92. The Morgan fingerprint density at radius 3 is 2.55 bits per heavy atom. The Balaban J connectivity index is 1.42. The van der Waals surface area contributed by atoms with Gasteiger partial charge in [0.15, 0.2) is 0 Å². The number of nitrogens with zero attached hydrogens (tertiary/aromatic N) is 1. The summed E-state index contributed by atoms with van der Waals surface area (Å²) in [5, 5.41) is 9.56. The van der Waals surface area contributed by atoms with Gasteiger partial charge in [-0.3, -0.25) is 9.69 Å². The Morgan fingerprint density at radius 1 is 1.32 bits per heavy atom. The van der Waals surface area contributed by atoms with Crippen molar-refractivity contribution in [2.24, 2.45) is 0 Å². The van der Waals surface area contributed by atoms with Crippen molar-refractivity contribution >= 4 is 5.97 Å². The SMILES string of the molecule is CN1C2CC(OC(=O)C(CO)c3ccccc3)C[C@H]1[C@H]1OC21. The van der Waals surface area contributed by atoms with Crippen LogP contribution < -0.4 is 0 Å². The number of hydrogen-bond donors (Lipinski definition) is 1. The molecule has 0 saturated carbocycles. The van der Waals surface area contributed by atoms with Crippen LogP contribution in [0.25, 0.3) is 0 Å². The molecule has 3 fully saturated rings. The number of piperidine rings is 1. The average Bonchev–Trinajstić information content (AvgIpc) is 3.27. The fourth-order valence-corrected chi connectivity index (χ4v) is 4.04. The summed E-state index contributed by atoms with van der Waals surface area (Å²) in [6.45, 7) is -0.226. The lowest BCUT2D eigenvalue weighted by Gasteiger charge is -2.38. The fraction of sp³-hybridized carbons (Fsp3) is 0.588. The molecule has 1 aromatic carbocycles. The quantitative estimate of drug-likeness (QED) is 0.662. The van der Waals surface area contributed by atoms with Gasteiger partial charge in [0, 0.05) is 24.9 Å². The van der Waals surface area contributed by atoms with Gasteiger partial charge >= 0.3 is 5.97 Å². The highest BCUT2D eigenvalue weighted by atomic mass is 16.6. The molecule has 3 aliphatic heterocycles. The zero-order valence-corrected chi connectivity index (χ0v) is 12.6. The lowest BCUT2D eigenvalue weighted by atomic mass is 9.97. The first-order valence-electron chi connectivity index (χ1n) is 7.92. The zero-order valence-electron chi connectivity index (χ0n) is 12.6. The minimum Gasteiger partial charge on any atom is -0.462 e. The number of likely N-dealkylation sites (N-methyl/N-ethyl adjacent to an activating group) is 1. The van der Waals surface area contributed by atoms with Gasteiger partial charge in [-0.25, -0.2) is 0 Å². The lowest BCUT2D eigenvalue weighted by Crippen LogP contribution is -2.48. The maximum atomic E-state index is 12.4. The third-order valence-electron chi connectivity index (χ3n) is 5.33. The molecule has 3 saturated heterocycles. The van der Waals surface area contributed by atoms with Gasteiger partial charge in [0.2, 0.25) is 0 Å². The van der Waals surface area contributed by atoms with Crippen LogP contribution in [0.1, 0.15) is 24.3 Å². The van der Waals surface area contributed by atoms with Gasteiger partial charge in [0.1, 0.15) is 24.2 Å². The molecule has 5 heteroatoms. The second-order valence-electron chi connectivity index (χ2n) is 6.54. The van der Waals surface area contributed by atoms with E-state index in [0.717, 1.165) is 18.4 Å². The van der Waals surface area contributed by atoms with Crippen molar-refractivity contribution in [3.8, 4) is 0 Å². The number of morpholine rings is 1. The zero-order chi connectivity index (χ0) is 15.3. The van der Waals surface area contributed by atoms with Crippen molar-refractivity contribution in [1.29, 1.82) is 0 Å². The van der Waals surface area contributed by atoms with Crippen LogP contribution in [0.5, 0.6) is 0 Å². The van der Waals surface area contributed by atoms with Gasteiger partial charge in [0.05, 0.1) is 6.61 Å². The van der Waals surface area contributed by atoms with E-state index in [1.165, 1.54) is 0 Å². The standard InChI is InChI=1S/C17H21NO4/c1-18-13-7-11(8-14(18)16-15(13)22-16)21-17(20)12(9-19)10-5-3-2-4-6-10/h2-6,11-16,19H,7-9H2,1H3/t11?,12?,13-,14?,15+,16?/m0/s1. The molecule has 4 unspecified atom stereocenters. The number of carbonyl (C=O) groups excluding carboxylic acids is 1. The maximum Gasteiger partial charge on any atom is 0.316 e. The molecular weight excluding hydrogens is 282 g/mol. The first kappa shape index (κ1) is 14.2. The first-order chi connectivity index (χ1) is 10.7. The smallest absolute Gasteiger partial charge is 0.316 e. The molecule has 118 valence electrons. The molecule has 3 aliphatic rings. The van der Waals surface area contributed by atoms with E-state index in [1.807, 2.05) is 30.3 Å². The average molecular weight is 303 g/mol. The highest BCUT2D eigenvalue weighted by Gasteiger charge is 2.62. The van der Waals surface area contributed by atoms with E-state index in [0.29, 0.717) is 24.3 Å². The number of fused-ring (bicyclic) bond motifs is 5. The molecule has 0 amide bonds. The number of hydrogen-bond acceptors (Lipinski definition) is 5. The predicted molar refractivity (Wildman–Crippen MR) is 79.4 cm³/mol. The maximum absolute atomic E-state index is 12.4. The van der Waals surface area contributed by atoms with Crippen molar-refractivity contribution < 1.29 is 19.4 Å². The summed E-state index contributed by atoms with van der Waals surface area (Å²) in [7, 11) is 2.13. The van der Waals surface area contributed by atoms with Crippen LogP contribution in [0.3, 0.4) is 0 Å². The Morgan fingerprint density at radius 2 is 1.95 bits per heavy atom. The van der Waals surface area contributed by atoms with Crippen LogP contribution in [-0.4, -0.2) is 60.0 Å². The summed E-state index contributed by atoms with van der Waals surface area (Å²) in [6, 6.07) is 10.1. The van der Waals surface area contributed by atoms with Crippen molar-refractivity contribution in [3.05, 3.63) is 35.9 Å². The van der Waals surface area contributed by atoms with Crippen LogP contribution in [0, 0.1) is 0 Å². The van der Waals surface area contributed by atoms with E-state index in [2.05, 4.69) is 11.9 Å². The van der Waals surface area contributed by atoms with Gasteiger partial charge in [-0.15, -0.1) is 0 Å². The van der Waals surface area contributed by atoms with E-state index in [4.69, 9.17) is 9.47 Å². The molecule has 5 nitrogen and oxygen atoms in total. The van der Waals surface area contributed by atoms with Crippen molar-refractivity contribution in [3.63, 3.8) is 0 Å². The van der Waals surface area contributed by atoms with E-state index in [1.54, 1.807) is 0 Å². The van der Waals surface area contributed by atoms with Gasteiger partial charge < -0.3 is 14.6 Å². The highest BCUT2D eigenvalue weighted by Crippen LogP contribution is 2.48. The van der Waals surface area contributed by atoms with Crippen LogP contribution in [0.4, 0.5) is 0 Å². The summed E-state index contributed by atoms with van der Waals surface area (Å²) >= 11 is 0. The topological polar surface area (TPSA) is 62.3 Å². The Bertz CT molecular complexity index is 545. The molecule has 4 rings (SSSR count). The van der Waals surface area contributed by atoms with Gasteiger partial charge in [-0.05, 0) is 12.6 Å². The minimum atomic E-state index is -0.593. The number of benzene rings is 1. The van der Waals surface area contributed by atoms with Gasteiger partial charge in [0.25, 0.3) is 0 Å². The normalized spacial score (nSPS) is 37.5. The van der Waals surface area contributed by atoms with Crippen LogP contribution in [0.15, 0.2) is 30.3 Å². The molecule has 22 heavy (non-hydrogen) atoms. The second-order valence-corrected chi connectivity index (χ2v) is 6.54.